The second kappa shape index (κ2) is 5.82. The topological polar surface area (TPSA) is 52.9 Å². The summed E-state index contributed by atoms with van der Waals surface area (Å²) in [5.74, 6) is 0.0640. The highest BCUT2D eigenvalue weighted by Crippen LogP contribution is 2.12. The molecule has 0 aromatic heterocycles. The minimum atomic E-state index is -0.208. The zero-order valence-corrected chi connectivity index (χ0v) is 8.73. The van der Waals surface area contributed by atoms with Gasteiger partial charge in [-0.25, -0.2) is 0 Å². The Morgan fingerprint density at radius 2 is 2.13 bits per heavy atom. The van der Waals surface area contributed by atoms with E-state index in [0.717, 1.165) is 0 Å². The Morgan fingerprint density at radius 1 is 1.47 bits per heavy atom. The van der Waals surface area contributed by atoms with E-state index >= 15 is 0 Å². The van der Waals surface area contributed by atoms with Crippen molar-refractivity contribution in [3.63, 3.8) is 0 Å². The first-order valence-corrected chi connectivity index (χ1v) is 4.92. The number of carbonyl (C=O) groups excluding carboxylic acids is 1. The first-order chi connectivity index (χ1) is 7.24. The van der Waals surface area contributed by atoms with Gasteiger partial charge in [0.25, 0.3) is 0 Å². The first kappa shape index (κ1) is 11.3. The molecule has 0 unspecified atom stereocenters. The lowest BCUT2D eigenvalue weighted by molar-refractivity contribution is -0.120. The van der Waals surface area contributed by atoms with Crippen molar-refractivity contribution < 1.29 is 4.79 Å². The molecule has 1 aromatic carbocycles. The maximum atomic E-state index is 11.0. The Balaban J connectivity index is 2.41. The van der Waals surface area contributed by atoms with Crippen LogP contribution in [0.15, 0.2) is 30.3 Å². The molecule has 1 rings (SSSR count). The van der Waals surface area contributed by atoms with Gasteiger partial charge in [-0.15, -0.1) is 0 Å². The second-order valence-electron chi connectivity index (χ2n) is 3.45. The van der Waals surface area contributed by atoms with Gasteiger partial charge in [0.1, 0.15) is 6.42 Å². The van der Waals surface area contributed by atoms with E-state index in [1.54, 1.807) is 0 Å². The van der Waals surface area contributed by atoms with Crippen molar-refractivity contribution in [3.8, 4) is 6.07 Å². The molecule has 15 heavy (non-hydrogen) atoms. The van der Waals surface area contributed by atoms with Crippen molar-refractivity contribution in [1.82, 2.24) is 5.32 Å². The zero-order valence-electron chi connectivity index (χ0n) is 8.73. The molecule has 0 saturated carbocycles. The van der Waals surface area contributed by atoms with E-state index in [1.807, 2.05) is 43.3 Å². The molecule has 1 atom stereocenters. The third kappa shape index (κ3) is 3.82. The third-order valence-corrected chi connectivity index (χ3v) is 2.21. The summed E-state index contributed by atoms with van der Waals surface area (Å²) in [6, 6.07) is 11.8. The summed E-state index contributed by atoms with van der Waals surface area (Å²) < 4.78 is 0. The van der Waals surface area contributed by atoms with Gasteiger partial charge in [-0.1, -0.05) is 37.3 Å². The van der Waals surface area contributed by atoms with Gasteiger partial charge in [0.15, 0.2) is 0 Å². The molecule has 0 saturated heterocycles. The maximum absolute atomic E-state index is 11.0. The van der Waals surface area contributed by atoms with E-state index in [9.17, 15) is 4.79 Å². The average molecular weight is 202 g/mol. The lowest BCUT2D eigenvalue weighted by Crippen LogP contribution is -2.26. The third-order valence-electron chi connectivity index (χ3n) is 2.21. The minimum absolute atomic E-state index is 0.0679. The Kier molecular flexibility index (Phi) is 4.36. The molecule has 0 bridgehead atoms. The Labute approximate surface area is 89.7 Å². The van der Waals surface area contributed by atoms with Crippen LogP contribution >= 0.6 is 0 Å². The highest BCUT2D eigenvalue weighted by atomic mass is 16.1. The van der Waals surface area contributed by atoms with Gasteiger partial charge in [0.2, 0.25) is 5.91 Å². The number of benzene rings is 1. The fourth-order valence-electron chi connectivity index (χ4n) is 1.30. The molecule has 0 spiro atoms. The van der Waals surface area contributed by atoms with Crippen LogP contribution in [0.2, 0.25) is 0 Å². The van der Waals surface area contributed by atoms with Crippen LogP contribution in [0.4, 0.5) is 0 Å². The smallest absolute Gasteiger partial charge is 0.234 e. The number of nitrogens with zero attached hydrogens (tertiary/aromatic N) is 1. The van der Waals surface area contributed by atoms with E-state index in [0.29, 0.717) is 6.54 Å². The molecule has 0 radical (unpaired) electrons. The molecule has 1 N–H and O–H groups in total. The number of nitriles is 1. The van der Waals surface area contributed by atoms with E-state index in [4.69, 9.17) is 5.26 Å². The minimum Gasteiger partial charge on any atom is -0.355 e. The lowest BCUT2D eigenvalue weighted by atomic mass is 10.0. The number of hydrogen-bond acceptors (Lipinski definition) is 2. The normalized spacial score (nSPS) is 11.5. The molecule has 0 fully saturated rings. The largest absolute Gasteiger partial charge is 0.355 e. The summed E-state index contributed by atoms with van der Waals surface area (Å²) in [5, 5.41) is 11.0. The van der Waals surface area contributed by atoms with Crippen LogP contribution in [0, 0.1) is 11.3 Å². The van der Waals surface area contributed by atoms with Crippen LogP contribution in [-0.4, -0.2) is 12.5 Å². The predicted octanol–water partition coefficient (Wildman–Crippen LogP) is 1.82. The van der Waals surface area contributed by atoms with E-state index < -0.39 is 0 Å². The highest BCUT2D eigenvalue weighted by Gasteiger charge is 2.06. The summed E-state index contributed by atoms with van der Waals surface area (Å²) in [4.78, 5) is 11.0. The molecule has 1 amide bonds. The summed E-state index contributed by atoms with van der Waals surface area (Å²) in [7, 11) is 0. The highest BCUT2D eigenvalue weighted by molar-refractivity contribution is 5.77. The molecule has 3 nitrogen and oxygen atoms in total. The van der Waals surface area contributed by atoms with Crippen molar-refractivity contribution >= 4 is 5.91 Å². The van der Waals surface area contributed by atoms with E-state index in [1.165, 1.54) is 5.56 Å². The van der Waals surface area contributed by atoms with Crippen LogP contribution < -0.4 is 5.32 Å². The lowest BCUT2D eigenvalue weighted by Gasteiger charge is -2.11. The maximum Gasteiger partial charge on any atom is 0.234 e. The monoisotopic (exact) mass is 202 g/mol. The second-order valence-corrected chi connectivity index (χ2v) is 3.45. The van der Waals surface area contributed by atoms with Gasteiger partial charge >= 0.3 is 0 Å². The molecule has 0 heterocycles. The number of amides is 1. The molecular weight excluding hydrogens is 188 g/mol. The van der Waals surface area contributed by atoms with Crippen molar-refractivity contribution in [2.75, 3.05) is 6.54 Å². The molecule has 1 aromatic rings. The van der Waals surface area contributed by atoms with Crippen molar-refractivity contribution in [2.45, 2.75) is 19.3 Å². The fraction of sp³-hybridized carbons (Fsp3) is 0.333. The molecule has 0 aliphatic carbocycles. The van der Waals surface area contributed by atoms with Crippen molar-refractivity contribution in [1.29, 1.82) is 5.26 Å². The quantitative estimate of drug-likeness (QED) is 0.809. The number of hydrogen-bond donors (Lipinski definition) is 1. The van der Waals surface area contributed by atoms with Crippen LogP contribution in [0.25, 0.3) is 0 Å². The van der Waals surface area contributed by atoms with Crippen molar-refractivity contribution in [3.05, 3.63) is 35.9 Å². The summed E-state index contributed by atoms with van der Waals surface area (Å²) in [6.45, 7) is 2.62. The summed E-state index contributed by atoms with van der Waals surface area (Å²) >= 11 is 0. The van der Waals surface area contributed by atoms with Gasteiger partial charge in [-0.05, 0) is 11.5 Å². The van der Waals surface area contributed by atoms with Gasteiger partial charge < -0.3 is 5.32 Å². The summed E-state index contributed by atoms with van der Waals surface area (Å²) in [5.41, 5.74) is 1.19. The van der Waals surface area contributed by atoms with Gasteiger partial charge in [0, 0.05) is 6.54 Å². The van der Waals surface area contributed by atoms with Crippen molar-refractivity contribution in [2.24, 2.45) is 0 Å². The SMILES string of the molecule is C[C@H](CNC(=O)CC#N)c1ccccc1. The molecular formula is C12H14N2O. The van der Waals surface area contributed by atoms with E-state index in [2.05, 4.69) is 5.32 Å². The van der Waals surface area contributed by atoms with Gasteiger partial charge in [-0.3, -0.25) is 4.79 Å². The van der Waals surface area contributed by atoms with Crippen LogP contribution in [0.1, 0.15) is 24.8 Å². The van der Waals surface area contributed by atoms with E-state index in [-0.39, 0.29) is 18.2 Å². The van der Waals surface area contributed by atoms with Gasteiger partial charge in [-0.2, -0.15) is 5.26 Å². The predicted molar refractivity (Wildman–Crippen MR) is 58.1 cm³/mol. The molecule has 0 aliphatic rings. The Hall–Kier alpha value is -1.82. The Bertz CT molecular complexity index is 354. The number of rotatable bonds is 4. The Morgan fingerprint density at radius 3 is 2.73 bits per heavy atom. The zero-order chi connectivity index (χ0) is 11.1. The average Bonchev–Trinajstić information content (AvgIpc) is 2.27. The molecule has 0 aliphatic heterocycles. The number of nitrogens with one attached hydrogen (secondary N) is 1. The summed E-state index contributed by atoms with van der Waals surface area (Å²) in [6.07, 6.45) is -0.0679. The molecule has 78 valence electrons. The first-order valence-electron chi connectivity index (χ1n) is 4.92. The fourth-order valence-corrected chi connectivity index (χ4v) is 1.30. The van der Waals surface area contributed by atoms with Crippen LogP contribution in [0.3, 0.4) is 0 Å². The number of carbonyl (C=O) groups is 1. The van der Waals surface area contributed by atoms with Gasteiger partial charge in [0.05, 0.1) is 6.07 Å². The van der Waals surface area contributed by atoms with Crippen LogP contribution in [-0.2, 0) is 4.79 Å². The van der Waals surface area contributed by atoms with Crippen LogP contribution in [0.5, 0.6) is 0 Å². The standard InChI is InChI=1S/C12H14N2O/c1-10(9-14-12(15)7-8-13)11-5-3-2-4-6-11/h2-6,10H,7,9H2,1H3,(H,14,15)/t10-/m1/s1. The molecule has 3 heteroatoms.